The monoisotopic (exact) mass is 276 g/mol. The highest BCUT2D eigenvalue weighted by Crippen LogP contribution is 2.21. The number of rotatable bonds is 4. The normalized spacial score (nSPS) is 12.4. The molecule has 0 fully saturated rings. The van der Waals surface area contributed by atoms with Crippen LogP contribution in [-0.4, -0.2) is 28.0 Å². The van der Waals surface area contributed by atoms with Gasteiger partial charge in [0.05, 0.1) is 0 Å². The number of aliphatic carboxylic acids is 1. The largest absolute Gasteiger partial charge is 0.479 e. The first-order valence-electron chi connectivity index (χ1n) is 3.89. The van der Waals surface area contributed by atoms with Gasteiger partial charge in [0.25, 0.3) is 0 Å². The maximum atomic E-state index is 10.3. The zero-order valence-corrected chi connectivity index (χ0v) is 9.59. The van der Waals surface area contributed by atoms with E-state index in [1.807, 2.05) is 24.3 Å². The van der Waals surface area contributed by atoms with Crippen LogP contribution >= 0.6 is 27.7 Å². The van der Waals surface area contributed by atoms with E-state index in [0.29, 0.717) is 0 Å². The molecule has 5 heteroatoms. The zero-order chi connectivity index (χ0) is 10.6. The van der Waals surface area contributed by atoms with Crippen molar-refractivity contribution >= 4 is 33.7 Å². The number of hydrogen-bond acceptors (Lipinski definition) is 3. The Bertz CT molecular complexity index is 312. The predicted octanol–water partition coefficient (Wildman–Crippen LogP) is 1.99. The fourth-order valence-electron chi connectivity index (χ4n) is 0.777. The van der Waals surface area contributed by atoms with Gasteiger partial charge in [0.15, 0.2) is 6.10 Å². The number of benzene rings is 1. The minimum absolute atomic E-state index is 0.164. The van der Waals surface area contributed by atoms with E-state index in [-0.39, 0.29) is 5.75 Å². The Morgan fingerprint density at radius 2 is 2.00 bits per heavy atom. The number of hydrogen-bond donors (Lipinski definition) is 2. The van der Waals surface area contributed by atoms with Crippen molar-refractivity contribution in [1.29, 1.82) is 0 Å². The molecular weight excluding hydrogens is 268 g/mol. The van der Waals surface area contributed by atoms with Gasteiger partial charge in [-0.2, -0.15) is 0 Å². The molecule has 1 aromatic rings. The van der Waals surface area contributed by atoms with Crippen molar-refractivity contribution in [1.82, 2.24) is 0 Å². The van der Waals surface area contributed by atoms with Crippen molar-refractivity contribution in [3.05, 3.63) is 28.7 Å². The zero-order valence-electron chi connectivity index (χ0n) is 7.18. The number of halogens is 1. The SMILES string of the molecule is O=C(O)[C@@H](O)CSc1ccc(Br)cc1. The summed E-state index contributed by atoms with van der Waals surface area (Å²) in [6.07, 6.45) is -1.30. The first-order valence-corrected chi connectivity index (χ1v) is 5.66. The van der Waals surface area contributed by atoms with E-state index >= 15 is 0 Å². The Labute approximate surface area is 94.3 Å². The molecule has 3 nitrogen and oxygen atoms in total. The second-order valence-electron chi connectivity index (χ2n) is 2.62. The molecule has 0 radical (unpaired) electrons. The molecule has 14 heavy (non-hydrogen) atoms. The van der Waals surface area contributed by atoms with Crippen LogP contribution < -0.4 is 0 Å². The van der Waals surface area contributed by atoms with Crippen LogP contribution in [0.5, 0.6) is 0 Å². The average Bonchev–Trinajstić information content (AvgIpc) is 2.16. The topological polar surface area (TPSA) is 57.5 Å². The van der Waals surface area contributed by atoms with Crippen molar-refractivity contribution in [2.45, 2.75) is 11.0 Å². The van der Waals surface area contributed by atoms with Crippen LogP contribution in [0, 0.1) is 0 Å². The van der Waals surface area contributed by atoms with Crippen molar-refractivity contribution in [3.63, 3.8) is 0 Å². The first kappa shape index (κ1) is 11.6. The molecule has 1 aromatic carbocycles. The molecule has 0 unspecified atom stereocenters. The second-order valence-corrected chi connectivity index (χ2v) is 4.63. The molecule has 0 saturated carbocycles. The number of carboxylic acids is 1. The molecule has 0 aliphatic carbocycles. The molecule has 0 heterocycles. The number of thioether (sulfide) groups is 1. The van der Waals surface area contributed by atoms with Gasteiger partial charge in [-0.15, -0.1) is 11.8 Å². The van der Waals surface area contributed by atoms with Crippen LogP contribution in [-0.2, 0) is 4.79 Å². The summed E-state index contributed by atoms with van der Waals surface area (Å²) in [5.41, 5.74) is 0. The third kappa shape index (κ3) is 3.69. The molecule has 1 rings (SSSR count). The van der Waals surface area contributed by atoms with E-state index in [4.69, 9.17) is 10.2 Å². The van der Waals surface area contributed by atoms with Gasteiger partial charge < -0.3 is 10.2 Å². The Kier molecular flexibility index (Phi) is 4.44. The van der Waals surface area contributed by atoms with Crippen LogP contribution in [0.2, 0.25) is 0 Å². The van der Waals surface area contributed by atoms with E-state index < -0.39 is 12.1 Å². The summed E-state index contributed by atoms with van der Waals surface area (Å²) in [4.78, 5) is 11.2. The standard InChI is InChI=1S/C9H9BrO3S/c10-6-1-3-7(4-2-6)14-5-8(11)9(12)13/h1-4,8,11H,5H2,(H,12,13)/t8-/m0/s1. The summed E-state index contributed by atoms with van der Waals surface area (Å²) < 4.78 is 0.973. The summed E-state index contributed by atoms with van der Waals surface area (Å²) in [7, 11) is 0. The molecule has 0 aromatic heterocycles. The van der Waals surface area contributed by atoms with Gasteiger partial charge in [-0.3, -0.25) is 0 Å². The van der Waals surface area contributed by atoms with Crippen LogP contribution in [0.1, 0.15) is 0 Å². The molecule has 1 atom stereocenters. The number of carboxylic acid groups (broad SMARTS) is 1. The maximum absolute atomic E-state index is 10.3. The number of carbonyl (C=O) groups is 1. The third-order valence-corrected chi connectivity index (χ3v) is 3.12. The maximum Gasteiger partial charge on any atom is 0.333 e. The van der Waals surface area contributed by atoms with Crippen molar-refractivity contribution < 1.29 is 15.0 Å². The minimum atomic E-state index is -1.30. The molecule has 0 saturated heterocycles. The van der Waals surface area contributed by atoms with E-state index in [2.05, 4.69) is 15.9 Å². The number of aliphatic hydroxyl groups is 1. The lowest BCUT2D eigenvalue weighted by atomic mass is 10.4. The summed E-state index contributed by atoms with van der Waals surface area (Å²) in [6, 6.07) is 7.47. The van der Waals surface area contributed by atoms with E-state index in [1.165, 1.54) is 11.8 Å². The first-order chi connectivity index (χ1) is 6.59. The fraction of sp³-hybridized carbons (Fsp3) is 0.222. The Balaban J connectivity index is 2.46. The summed E-state index contributed by atoms with van der Waals surface area (Å²) in [5, 5.41) is 17.4. The van der Waals surface area contributed by atoms with Crippen LogP contribution in [0.25, 0.3) is 0 Å². The highest BCUT2D eigenvalue weighted by atomic mass is 79.9. The molecule has 0 aliphatic rings. The average molecular weight is 277 g/mol. The lowest BCUT2D eigenvalue weighted by molar-refractivity contribution is -0.145. The summed E-state index contributed by atoms with van der Waals surface area (Å²) in [6.45, 7) is 0. The third-order valence-electron chi connectivity index (χ3n) is 1.51. The fourth-order valence-corrected chi connectivity index (χ4v) is 1.86. The predicted molar refractivity (Wildman–Crippen MR) is 58.5 cm³/mol. The Morgan fingerprint density at radius 1 is 1.43 bits per heavy atom. The summed E-state index contributed by atoms with van der Waals surface area (Å²) >= 11 is 4.61. The highest BCUT2D eigenvalue weighted by Gasteiger charge is 2.12. The number of aliphatic hydroxyl groups excluding tert-OH is 1. The van der Waals surface area contributed by atoms with E-state index in [1.54, 1.807) is 0 Å². The Hall–Kier alpha value is -0.520. The van der Waals surface area contributed by atoms with E-state index in [0.717, 1.165) is 9.37 Å². The van der Waals surface area contributed by atoms with Gasteiger partial charge in [-0.1, -0.05) is 15.9 Å². The molecule has 0 spiro atoms. The molecule has 0 amide bonds. The molecule has 0 bridgehead atoms. The van der Waals surface area contributed by atoms with Crippen LogP contribution in [0.3, 0.4) is 0 Å². The molecule has 2 N–H and O–H groups in total. The Morgan fingerprint density at radius 3 is 2.50 bits per heavy atom. The van der Waals surface area contributed by atoms with Gasteiger partial charge in [-0.25, -0.2) is 4.79 Å². The molecule has 76 valence electrons. The molecule has 0 aliphatic heterocycles. The van der Waals surface area contributed by atoms with Gasteiger partial charge >= 0.3 is 5.97 Å². The smallest absolute Gasteiger partial charge is 0.333 e. The van der Waals surface area contributed by atoms with Crippen molar-refractivity contribution in [2.24, 2.45) is 0 Å². The van der Waals surface area contributed by atoms with Crippen molar-refractivity contribution in [2.75, 3.05) is 5.75 Å². The van der Waals surface area contributed by atoms with Crippen LogP contribution in [0.4, 0.5) is 0 Å². The lowest BCUT2D eigenvalue weighted by Crippen LogP contribution is -2.21. The lowest BCUT2D eigenvalue weighted by Gasteiger charge is -2.04. The van der Waals surface area contributed by atoms with Gasteiger partial charge in [0.1, 0.15) is 0 Å². The summed E-state index contributed by atoms with van der Waals surface area (Å²) in [5.74, 6) is -1.02. The second kappa shape index (κ2) is 5.38. The quantitative estimate of drug-likeness (QED) is 0.826. The van der Waals surface area contributed by atoms with Gasteiger partial charge in [-0.05, 0) is 24.3 Å². The highest BCUT2D eigenvalue weighted by molar-refractivity contribution is 9.10. The molecular formula is C9H9BrO3S. The minimum Gasteiger partial charge on any atom is -0.479 e. The van der Waals surface area contributed by atoms with Crippen molar-refractivity contribution in [3.8, 4) is 0 Å². The van der Waals surface area contributed by atoms with Gasteiger partial charge in [0, 0.05) is 15.1 Å². The van der Waals surface area contributed by atoms with Crippen LogP contribution in [0.15, 0.2) is 33.6 Å². The van der Waals surface area contributed by atoms with E-state index in [9.17, 15) is 4.79 Å². The van der Waals surface area contributed by atoms with Gasteiger partial charge in [0.2, 0.25) is 0 Å².